The van der Waals surface area contributed by atoms with E-state index in [-0.39, 0.29) is 6.04 Å². The number of halogens is 2. The van der Waals surface area contributed by atoms with E-state index in [0.29, 0.717) is 11.1 Å². The molecule has 1 aliphatic rings. The van der Waals surface area contributed by atoms with E-state index in [1.54, 1.807) is 6.07 Å². The predicted octanol–water partition coefficient (Wildman–Crippen LogP) is 4.21. The Balaban J connectivity index is 2.07. The van der Waals surface area contributed by atoms with Crippen LogP contribution in [0.1, 0.15) is 37.8 Å². The second-order valence-corrected chi connectivity index (χ2v) is 5.55. The van der Waals surface area contributed by atoms with Crippen molar-refractivity contribution in [3.8, 4) is 0 Å². The summed E-state index contributed by atoms with van der Waals surface area (Å²) in [7, 11) is 0. The molecule has 100 valence electrons. The molecule has 1 aromatic carbocycles. The van der Waals surface area contributed by atoms with Gasteiger partial charge in [-0.25, -0.2) is 0 Å². The molecule has 2 rings (SSSR count). The topological polar surface area (TPSA) is 21.3 Å². The third kappa shape index (κ3) is 3.61. The second kappa shape index (κ2) is 6.76. The maximum absolute atomic E-state index is 6.27. The third-order valence-electron chi connectivity index (χ3n) is 3.34. The van der Waals surface area contributed by atoms with Crippen molar-refractivity contribution >= 4 is 23.2 Å². The van der Waals surface area contributed by atoms with Gasteiger partial charge in [-0.15, -0.1) is 0 Å². The second-order valence-electron chi connectivity index (χ2n) is 4.71. The van der Waals surface area contributed by atoms with E-state index >= 15 is 0 Å². The van der Waals surface area contributed by atoms with Gasteiger partial charge in [-0.3, -0.25) is 0 Å². The highest BCUT2D eigenvalue weighted by molar-refractivity contribution is 6.35. The Labute approximate surface area is 119 Å². The first-order chi connectivity index (χ1) is 8.70. The van der Waals surface area contributed by atoms with E-state index in [1.807, 2.05) is 12.1 Å². The number of hydrogen-bond donors (Lipinski definition) is 1. The fourth-order valence-corrected chi connectivity index (χ4v) is 2.91. The largest absolute Gasteiger partial charge is 0.380 e. The molecule has 2 atom stereocenters. The molecule has 1 N–H and O–H groups in total. The summed E-state index contributed by atoms with van der Waals surface area (Å²) in [5, 5.41) is 5.04. The zero-order valence-electron chi connectivity index (χ0n) is 10.6. The molecule has 0 amide bonds. The van der Waals surface area contributed by atoms with E-state index in [2.05, 4.69) is 12.2 Å². The minimum Gasteiger partial charge on any atom is -0.380 e. The van der Waals surface area contributed by atoms with Gasteiger partial charge in [-0.1, -0.05) is 36.2 Å². The molecule has 1 aliphatic heterocycles. The Morgan fingerprint density at radius 2 is 2.28 bits per heavy atom. The minimum absolute atomic E-state index is 0.265. The Hall–Kier alpha value is -0.280. The van der Waals surface area contributed by atoms with Gasteiger partial charge >= 0.3 is 0 Å². The lowest BCUT2D eigenvalue weighted by molar-refractivity contribution is 0.0661. The lowest BCUT2D eigenvalue weighted by atomic mass is 10.0. The number of benzene rings is 1. The van der Waals surface area contributed by atoms with Gasteiger partial charge in [-0.05, 0) is 37.0 Å². The molecule has 1 heterocycles. The van der Waals surface area contributed by atoms with Crippen LogP contribution in [0.3, 0.4) is 0 Å². The molecule has 0 spiro atoms. The zero-order chi connectivity index (χ0) is 13.0. The molecular weight excluding hydrogens is 269 g/mol. The Morgan fingerprint density at radius 1 is 1.44 bits per heavy atom. The monoisotopic (exact) mass is 287 g/mol. The number of rotatable bonds is 4. The molecule has 1 saturated heterocycles. The summed E-state index contributed by atoms with van der Waals surface area (Å²) >= 11 is 12.2. The van der Waals surface area contributed by atoms with Crippen LogP contribution in [0, 0.1) is 0 Å². The smallest absolute Gasteiger partial charge is 0.0619 e. The molecule has 4 heteroatoms. The quantitative estimate of drug-likeness (QED) is 0.896. The van der Waals surface area contributed by atoms with Gasteiger partial charge in [0, 0.05) is 28.7 Å². The SMILES string of the molecule is CCC(NC1CCCOC1)c1ccc(Cl)cc1Cl. The standard InChI is InChI=1S/C14H19Cl2NO/c1-2-14(17-11-4-3-7-18-9-11)12-6-5-10(15)8-13(12)16/h5-6,8,11,14,17H,2-4,7,9H2,1H3. The van der Waals surface area contributed by atoms with E-state index in [9.17, 15) is 0 Å². The minimum atomic E-state index is 0.265. The first-order valence-electron chi connectivity index (χ1n) is 6.49. The first kappa shape index (κ1) is 14.1. The molecule has 0 radical (unpaired) electrons. The van der Waals surface area contributed by atoms with E-state index in [4.69, 9.17) is 27.9 Å². The number of ether oxygens (including phenoxy) is 1. The summed E-state index contributed by atoms with van der Waals surface area (Å²) in [5.74, 6) is 0. The fourth-order valence-electron chi connectivity index (χ4n) is 2.37. The molecule has 1 fully saturated rings. The highest BCUT2D eigenvalue weighted by Crippen LogP contribution is 2.28. The summed E-state index contributed by atoms with van der Waals surface area (Å²) in [6, 6.07) is 6.40. The highest BCUT2D eigenvalue weighted by Gasteiger charge is 2.20. The summed E-state index contributed by atoms with van der Waals surface area (Å²) < 4.78 is 5.50. The van der Waals surface area contributed by atoms with Crippen LogP contribution < -0.4 is 5.32 Å². The molecule has 0 bridgehead atoms. The van der Waals surface area contributed by atoms with Crippen molar-refractivity contribution in [3.63, 3.8) is 0 Å². The van der Waals surface area contributed by atoms with Crippen molar-refractivity contribution in [2.75, 3.05) is 13.2 Å². The maximum atomic E-state index is 6.27. The van der Waals surface area contributed by atoms with Crippen LogP contribution in [-0.4, -0.2) is 19.3 Å². The van der Waals surface area contributed by atoms with Crippen molar-refractivity contribution in [2.45, 2.75) is 38.3 Å². The predicted molar refractivity (Wildman–Crippen MR) is 76.5 cm³/mol. The first-order valence-corrected chi connectivity index (χ1v) is 7.25. The van der Waals surface area contributed by atoms with Crippen molar-refractivity contribution in [1.29, 1.82) is 0 Å². The molecule has 2 unspecified atom stereocenters. The Kier molecular flexibility index (Phi) is 5.31. The van der Waals surface area contributed by atoms with E-state index in [1.165, 1.54) is 6.42 Å². The average molecular weight is 288 g/mol. The molecule has 1 aromatic rings. The van der Waals surface area contributed by atoms with Gasteiger partial charge in [0.05, 0.1) is 6.61 Å². The van der Waals surface area contributed by atoms with Crippen LogP contribution >= 0.6 is 23.2 Å². The fraction of sp³-hybridized carbons (Fsp3) is 0.571. The van der Waals surface area contributed by atoms with Crippen LogP contribution in [0.15, 0.2) is 18.2 Å². The molecule has 18 heavy (non-hydrogen) atoms. The van der Waals surface area contributed by atoms with Crippen LogP contribution in [0.4, 0.5) is 0 Å². The molecule has 0 saturated carbocycles. The molecule has 2 nitrogen and oxygen atoms in total. The van der Waals surface area contributed by atoms with Gasteiger partial charge in [-0.2, -0.15) is 0 Å². The van der Waals surface area contributed by atoms with Gasteiger partial charge in [0.15, 0.2) is 0 Å². The van der Waals surface area contributed by atoms with E-state index < -0.39 is 0 Å². The normalized spacial score (nSPS) is 21.8. The van der Waals surface area contributed by atoms with Crippen molar-refractivity contribution in [1.82, 2.24) is 5.32 Å². The van der Waals surface area contributed by atoms with Gasteiger partial charge < -0.3 is 10.1 Å². The average Bonchev–Trinajstić information content (AvgIpc) is 2.38. The van der Waals surface area contributed by atoms with Crippen molar-refractivity contribution in [3.05, 3.63) is 33.8 Å². The van der Waals surface area contributed by atoms with Gasteiger partial charge in [0.1, 0.15) is 0 Å². The lowest BCUT2D eigenvalue weighted by Gasteiger charge is -2.28. The Bertz CT molecular complexity index is 391. The van der Waals surface area contributed by atoms with Gasteiger partial charge in [0.25, 0.3) is 0 Å². The van der Waals surface area contributed by atoms with Crippen LogP contribution in [-0.2, 0) is 4.74 Å². The van der Waals surface area contributed by atoms with Gasteiger partial charge in [0.2, 0.25) is 0 Å². The van der Waals surface area contributed by atoms with E-state index in [0.717, 1.165) is 36.6 Å². The molecular formula is C14H19Cl2NO. The number of nitrogens with one attached hydrogen (secondary N) is 1. The zero-order valence-corrected chi connectivity index (χ0v) is 12.1. The number of hydrogen-bond acceptors (Lipinski definition) is 2. The van der Waals surface area contributed by atoms with Crippen LogP contribution in [0.2, 0.25) is 10.0 Å². The van der Waals surface area contributed by atoms with Crippen LogP contribution in [0.5, 0.6) is 0 Å². The van der Waals surface area contributed by atoms with Crippen molar-refractivity contribution < 1.29 is 4.74 Å². The summed E-state index contributed by atoms with van der Waals surface area (Å²) in [4.78, 5) is 0. The summed E-state index contributed by atoms with van der Waals surface area (Å²) in [6.45, 7) is 3.84. The van der Waals surface area contributed by atoms with Crippen LogP contribution in [0.25, 0.3) is 0 Å². The third-order valence-corrected chi connectivity index (χ3v) is 3.91. The molecule has 0 aromatic heterocycles. The maximum Gasteiger partial charge on any atom is 0.0619 e. The lowest BCUT2D eigenvalue weighted by Crippen LogP contribution is -2.39. The summed E-state index contributed by atoms with van der Waals surface area (Å²) in [6.07, 6.45) is 3.29. The summed E-state index contributed by atoms with van der Waals surface area (Å²) in [5.41, 5.74) is 1.12. The molecule has 0 aliphatic carbocycles. The highest BCUT2D eigenvalue weighted by atomic mass is 35.5. The Morgan fingerprint density at radius 3 is 2.89 bits per heavy atom. The van der Waals surface area contributed by atoms with Crippen molar-refractivity contribution in [2.24, 2.45) is 0 Å².